The summed E-state index contributed by atoms with van der Waals surface area (Å²) in [4.78, 5) is 11.9. The van der Waals surface area contributed by atoms with E-state index in [0.717, 1.165) is 42.4 Å². The molecule has 4 rings (SSSR count). The Balaban J connectivity index is 1.74. The van der Waals surface area contributed by atoms with Crippen molar-refractivity contribution in [2.75, 3.05) is 0 Å². The van der Waals surface area contributed by atoms with E-state index >= 15 is 0 Å². The maximum atomic E-state index is 11.9. The molecule has 0 amide bonds. The molecule has 22 heavy (non-hydrogen) atoms. The van der Waals surface area contributed by atoms with Crippen LogP contribution < -0.4 is 0 Å². The molecule has 4 aliphatic carbocycles. The number of fused-ring (bicyclic) bond motifs is 5. The van der Waals surface area contributed by atoms with E-state index in [9.17, 15) is 4.79 Å². The third kappa shape index (κ3) is 1.80. The number of rotatable bonds is 0. The van der Waals surface area contributed by atoms with Gasteiger partial charge in [-0.05, 0) is 85.0 Å². The van der Waals surface area contributed by atoms with Crippen molar-refractivity contribution in [1.29, 1.82) is 0 Å². The molecule has 0 saturated heterocycles. The molecule has 0 bridgehead atoms. The van der Waals surface area contributed by atoms with Gasteiger partial charge in [-0.3, -0.25) is 4.79 Å². The van der Waals surface area contributed by atoms with Crippen molar-refractivity contribution in [2.45, 2.75) is 72.6 Å². The van der Waals surface area contributed by atoms with Gasteiger partial charge in [0, 0.05) is 6.42 Å². The smallest absolute Gasteiger partial charge is 0.155 e. The van der Waals surface area contributed by atoms with Crippen molar-refractivity contribution < 1.29 is 4.79 Å². The standard InChI is InChI=1S/C21H32O/c1-13-11-15-12-16(22)7-9-21(15,4)18-8-10-20(3)14(2)5-6-17(20)19(13)18/h12-14,17-19H,5-11H2,1-4H3/t13-,14+,17+,18+,19+,20-,21+/m1/s1. The Morgan fingerprint density at radius 1 is 1.05 bits per heavy atom. The zero-order chi connectivity index (χ0) is 15.7. The second-order valence-corrected chi connectivity index (χ2v) is 9.55. The molecule has 7 atom stereocenters. The summed E-state index contributed by atoms with van der Waals surface area (Å²) < 4.78 is 0. The van der Waals surface area contributed by atoms with Gasteiger partial charge in [0.1, 0.15) is 0 Å². The first kappa shape index (κ1) is 15.0. The van der Waals surface area contributed by atoms with E-state index in [0.29, 0.717) is 16.6 Å². The fourth-order valence-corrected chi connectivity index (χ4v) is 7.17. The topological polar surface area (TPSA) is 17.1 Å². The van der Waals surface area contributed by atoms with Crippen LogP contribution in [0.3, 0.4) is 0 Å². The Bertz CT molecular complexity index is 532. The van der Waals surface area contributed by atoms with Gasteiger partial charge in [0.25, 0.3) is 0 Å². The van der Waals surface area contributed by atoms with E-state index in [1.165, 1.54) is 37.7 Å². The number of hydrogen-bond donors (Lipinski definition) is 0. The van der Waals surface area contributed by atoms with Gasteiger partial charge in [-0.1, -0.05) is 33.3 Å². The molecule has 0 aromatic heterocycles. The molecule has 1 nitrogen and oxygen atoms in total. The molecule has 0 spiro atoms. The number of carbonyl (C=O) groups excluding carboxylic acids is 1. The summed E-state index contributed by atoms with van der Waals surface area (Å²) in [5.41, 5.74) is 2.43. The van der Waals surface area contributed by atoms with Crippen molar-refractivity contribution in [3.05, 3.63) is 11.6 Å². The van der Waals surface area contributed by atoms with Gasteiger partial charge in [-0.25, -0.2) is 0 Å². The molecule has 0 aromatic rings. The lowest BCUT2D eigenvalue weighted by molar-refractivity contribution is -0.118. The predicted molar refractivity (Wildman–Crippen MR) is 90.4 cm³/mol. The normalized spacial score (nSPS) is 54.3. The van der Waals surface area contributed by atoms with Crippen LogP contribution in [-0.2, 0) is 4.79 Å². The summed E-state index contributed by atoms with van der Waals surface area (Å²) in [5, 5.41) is 0. The number of ketones is 1. The average Bonchev–Trinajstić information content (AvgIpc) is 2.77. The molecule has 0 aliphatic heterocycles. The lowest BCUT2D eigenvalue weighted by atomic mass is 9.45. The van der Waals surface area contributed by atoms with Gasteiger partial charge in [-0.15, -0.1) is 0 Å². The Morgan fingerprint density at radius 2 is 1.82 bits per heavy atom. The molecule has 0 radical (unpaired) electrons. The van der Waals surface area contributed by atoms with Crippen LogP contribution in [0.25, 0.3) is 0 Å². The Kier molecular flexibility index (Phi) is 3.20. The second kappa shape index (κ2) is 4.71. The molecular weight excluding hydrogens is 268 g/mol. The lowest BCUT2D eigenvalue weighted by Crippen LogP contribution is -2.53. The first-order valence-corrected chi connectivity index (χ1v) is 9.60. The van der Waals surface area contributed by atoms with E-state index in [2.05, 4.69) is 27.7 Å². The minimum atomic E-state index is 0.332. The predicted octanol–water partition coefficient (Wildman–Crippen LogP) is 5.40. The minimum absolute atomic E-state index is 0.332. The summed E-state index contributed by atoms with van der Waals surface area (Å²) in [6.07, 6.45) is 10.8. The second-order valence-electron chi connectivity index (χ2n) is 9.55. The monoisotopic (exact) mass is 300 g/mol. The Hall–Kier alpha value is -0.590. The number of allylic oxidation sites excluding steroid dienone is 1. The number of carbonyl (C=O) groups is 1. The highest BCUT2D eigenvalue weighted by Crippen LogP contribution is 2.67. The van der Waals surface area contributed by atoms with E-state index in [4.69, 9.17) is 0 Å². The summed E-state index contributed by atoms with van der Waals surface area (Å²) in [5.74, 6) is 4.73. The van der Waals surface area contributed by atoms with Crippen LogP contribution >= 0.6 is 0 Å². The van der Waals surface area contributed by atoms with Gasteiger partial charge in [0.05, 0.1) is 0 Å². The zero-order valence-electron chi connectivity index (χ0n) is 14.8. The molecule has 3 saturated carbocycles. The van der Waals surface area contributed by atoms with Crippen molar-refractivity contribution in [2.24, 2.45) is 40.4 Å². The van der Waals surface area contributed by atoms with Crippen LogP contribution in [0.2, 0.25) is 0 Å². The van der Waals surface area contributed by atoms with E-state index in [1.54, 1.807) is 0 Å². The van der Waals surface area contributed by atoms with Crippen LogP contribution in [0.4, 0.5) is 0 Å². The van der Waals surface area contributed by atoms with Gasteiger partial charge < -0.3 is 0 Å². The molecule has 0 aromatic carbocycles. The first-order valence-electron chi connectivity index (χ1n) is 9.60. The molecule has 0 heterocycles. The molecule has 3 fully saturated rings. The van der Waals surface area contributed by atoms with Gasteiger partial charge in [0.2, 0.25) is 0 Å². The van der Waals surface area contributed by atoms with Gasteiger partial charge >= 0.3 is 0 Å². The zero-order valence-corrected chi connectivity index (χ0v) is 14.8. The van der Waals surface area contributed by atoms with Crippen molar-refractivity contribution >= 4 is 5.78 Å². The van der Waals surface area contributed by atoms with Crippen molar-refractivity contribution in [3.8, 4) is 0 Å². The highest BCUT2D eigenvalue weighted by atomic mass is 16.1. The summed E-state index contributed by atoms with van der Waals surface area (Å²) in [6.45, 7) is 10.1. The minimum Gasteiger partial charge on any atom is -0.295 e. The maximum Gasteiger partial charge on any atom is 0.155 e. The van der Waals surface area contributed by atoms with Gasteiger partial charge in [0.15, 0.2) is 5.78 Å². The van der Waals surface area contributed by atoms with E-state index < -0.39 is 0 Å². The largest absolute Gasteiger partial charge is 0.295 e. The fourth-order valence-electron chi connectivity index (χ4n) is 7.17. The SMILES string of the molecule is C[C@@H]1CC2=CC(=O)CC[C@]2(C)[C@H]2CC[C@]3(C)[C@@H](C)CC[C@H]3[C@H]12. The van der Waals surface area contributed by atoms with Crippen molar-refractivity contribution in [1.82, 2.24) is 0 Å². The molecule has 1 heteroatoms. The molecule has 4 aliphatic rings. The molecule has 0 unspecified atom stereocenters. The summed E-state index contributed by atoms with van der Waals surface area (Å²) in [6, 6.07) is 0. The van der Waals surface area contributed by atoms with E-state index in [1.807, 2.05) is 6.08 Å². The highest BCUT2D eigenvalue weighted by Gasteiger charge is 2.59. The van der Waals surface area contributed by atoms with Crippen LogP contribution in [0.1, 0.15) is 72.6 Å². The van der Waals surface area contributed by atoms with Crippen LogP contribution in [0.5, 0.6) is 0 Å². The van der Waals surface area contributed by atoms with E-state index in [-0.39, 0.29) is 0 Å². The molecule has 0 N–H and O–H groups in total. The highest BCUT2D eigenvalue weighted by molar-refractivity contribution is 5.91. The third-order valence-corrected chi connectivity index (χ3v) is 8.78. The Labute approximate surface area is 135 Å². The van der Waals surface area contributed by atoms with Crippen molar-refractivity contribution in [3.63, 3.8) is 0 Å². The quantitative estimate of drug-likeness (QED) is 0.585. The molecular formula is C21H32O. The Morgan fingerprint density at radius 3 is 2.59 bits per heavy atom. The number of hydrogen-bond acceptors (Lipinski definition) is 1. The summed E-state index contributed by atoms with van der Waals surface area (Å²) in [7, 11) is 0. The summed E-state index contributed by atoms with van der Waals surface area (Å²) >= 11 is 0. The lowest BCUT2D eigenvalue weighted by Gasteiger charge is -2.60. The van der Waals surface area contributed by atoms with Crippen LogP contribution in [0.15, 0.2) is 11.6 Å². The maximum absolute atomic E-state index is 11.9. The fraction of sp³-hybridized carbons (Fsp3) is 0.857. The average molecular weight is 300 g/mol. The third-order valence-electron chi connectivity index (χ3n) is 8.78. The van der Waals surface area contributed by atoms with Crippen LogP contribution in [-0.4, -0.2) is 5.78 Å². The van der Waals surface area contributed by atoms with Crippen LogP contribution in [0, 0.1) is 40.4 Å². The molecule has 122 valence electrons. The first-order chi connectivity index (χ1) is 10.4. The van der Waals surface area contributed by atoms with Gasteiger partial charge in [-0.2, -0.15) is 0 Å².